The van der Waals surface area contributed by atoms with Crippen LogP contribution in [0.3, 0.4) is 0 Å². The standard InChI is InChI=1S/C11H9Br2NO3/c12-7-2-1-3-8(13)9(7)14-10(15)5-4-6(5)11(16)17/h1-3,5-6H,4H2,(H,14,15)(H,16,17). The van der Waals surface area contributed by atoms with Crippen molar-refractivity contribution in [3.8, 4) is 0 Å². The summed E-state index contributed by atoms with van der Waals surface area (Å²) >= 11 is 6.66. The van der Waals surface area contributed by atoms with Crippen molar-refractivity contribution in [2.75, 3.05) is 5.32 Å². The molecule has 1 fully saturated rings. The summed E-state index contributed by atoms with van der Waals surface area (Å²) in [6.07, 6.45) is 0.420. The molecule has 0 spiro atoms. The normalized spacial score (nSPS) is 22.0. The van der Waals surface area contributed by atoms with Gasteiger partial charge in [-0.2, -0.15) is 0 Å². The van der Waals surface area contributed by atoms with Gasteiger partial charge in [-0.3, -0.25) is 9.59 Å². The van der Waals surface area contributed by atoms with Crippen molar-refractivity contribution in [1.82, 2.24) is 0 Å². The number of carbonyl (C=O) groups excluding carboxylic acids is 1. The smallest absolute Gasteiger partial charge is 0.307 e. The largest absolute Gasteiger partial charge is 0.481 e. The summed E-state index contributed by atoms with van der Waals surface area (Å²) in [6, 6.07) is 5.45. The van der Waals surface area contributed by atoms with Crippen LogP contribution in [-0.4, -0.2) is 17.0 Å². The van der Waals surface area contributed by atoms with Crippen LogP contribution in [0.15, 0.2) is 27.1 Å². The van der Waals surface area contributed by atoms with Gasteiger partial charge in [0.05, 0.1) is 17.5 Å². The molecule has 1 aromatic carbocycles. The summed E-state index contributed by atoms with van der Waals surface area (Å²) in [5, 5.41) is 11.5. The highest BCUT2D eigenvalue weighted by Crippen LogP contribution is 2.40. The third kappa shape index (κ3) is 2.69. The summed E-state index contributed by atoms with van der Waals surface area (Å²) in [5.74, 6) is -2.09. The molecule has 2 atom stereocenters. The summed E-state index contributed by atoms with van der Waals surface area (Å²) < 4.78 is 1.51. The lowest BCUT2D eigenvalue weighted by molar-refractivity contribution is -0.139. The Morgan fingerprint density at radius 2 is 1.82 bits per heavy atom. The molecule has 1 aromatic rings. The quantitative estimate of drug-likeness (QED) is 0.868. The van der Waals surface area contributed by atoms with Crippen LogP contribution in [0.1, 0.15) is 6.42 Å². The summed E-state index contributed by atoms with van der Waals surface area (Å²) in [4.78, 5) is 22.4. The van der Waals surface area contributed by atoms with Crippen molar-refractivity contribution in [2.45, 2.75) is 6.42 Å². The number of aliphatic carboxylic acids is 1. The lowest BCUT2D eigenvalue weighted by Gasteiger charge is -2.08. The molecule has 4 nitrogen and oxygen atoms in total. The van der Waals surface area contributed by atoms with Gasteiger partial charge >= 0.3 is 5.97 Å². The van der Waals surface area contributed by atoms with E-state index in [2.05, 4.69) is 37.2 Å². The van der Waals surface area contributed by atoms with Crippen LogP contribution in [0.4, 0.5) is 5.69 Å². The fourth-order valence-corrected chi connectivity index (χ4v) is 2.79. The van der Waals surface area contributed by atoms with E-state index < -0.39 is 17.8 Å². The second kappa shape index (κ2) is 4.78. The number of halogens is 2. The molecule has 0 saturated heterocycles. The van der Waals surface area contributed by atoms with Gasteiger partial charge in [0.1, 0.15) is 0 Å². The predicted octanol–water partition coefficient (Wildman–Crippen LogP) is 2.87. The van der Waals surface area contributed by atoms with E-state index in [1.165, 1.54) is 0 Å². The molecule has 2 rings (SSSR count). The van der Waals surface area contributed by atoms with Gasteiger partial charge < -0.3 is 10.4 Å². The number of anilines is 1. The van der Waals surface area contributed by atoms with Gasteiger partial charge in [0.25, 0.3) is 0 Å². The average Bonchev–Trinajstić information content (AvgIpc) is 3.03. The maximum Gasteiger partial charge on any atom is 0.307 e. The number of carbonyl (C=O) groups is 2. The van der Waals surface area contributed by atoms with Crippen LogP contribution in [0.2, 0.25) is 0 Å². The predicted molar refractivity (Wildman–Crippen MR) is 69.7 cm³/mol. The fraction of sp³-hybridized carbons (Fsp3) is 0.273. The van der Waals surface area contributed by atoms with Crippen molar-refractivity contribution in [1.29, 1.82) is 0 Å². The van der Waals surface area contributed by atoms with Crippen LogP contribution in [-0.2, 0) is 9.59 Å². The average molecular weight is 363 g/mol. The van der Waals surface area contributed by atoms with Crippen molar-refractivity contribution in [2.24, 2.45) is 11.8 Å². The Morgan fingerprint density at radius 1 is 1.24 bits per heavy atom. The molecule has 0 aliphatic heterocycles. The Balaban J connectivity index is 2.07. The zero-order valence-corrected chi connectivity index (χ0v) is 11.8. The Kier molecular flexibility index (Phi) is 3.53. The molecular weight excluding hydrogens is 354 g/mol. The summed E-state index contributed by atoms with van der Waals surface area (Å²) in [6.45, 7) is 0. The van der Waals surface area contributed by atoms with E-state index in [1.54, 1.807) is 0 Å². The molecule has 1 aliphatic carbocycles. The van der Waals surface area contributed by atoms with Gasteiger partial charge in [0, 0.05) is 8.95 Å². The number of hydrogen-bond acceptors (Lipinski definition) is 2. The molecule has 2 unspecified atom stereocenters. The number of amides is 1. The van der Waals surface area contributed by atoms with Gasteiger partial charge in [-0.05, 0) is 50.4 Å². The van der Waals surface area contributed by atoms with Crippen LogP contribution >= 0.6 is 31.9 Å². The molecule has 2 N–H and O–H groups in total. The molecule has 0 bridgehead atoms. The first-order valence-electron chi connectivity index (χ1n) is 4.98. The molecular formula is C11H9Br2NO3. The molecule has 0 heterocycles. The molecule has 1 aliphatic rings. The van der Waals surface area contributed by atoms with E-state index in [1.807, 2.05) is 18.2 Å². The maximum absolute atomic E-state index is 11.8. The molecule has 0 radical (unpaired) electrons. The van der Waals surface area contributed by atoms with E-state index in [-0.39, 0.29) is 5.91 Å². The van der Waals surface area contributed by atoms with Gasteiger partial charge in [0.2, 0.25) is 5.91 Å². The van der Waals surface area contributed by atoms with Crippen molar-refractivity contribution in [3.05, 3.63) is 27.1 Å². The van der Waals surface area contributed by atoms with Gasteiger partial charge in [-0.25, -0.2) is 0 Å². The summed E-state index contributed by atoms with van der Waals surface area (Å²) in [5.41, 5.74) is 0.633. The Bertz CT molecular complexity index is 469. The van der Waals surface area contributed by atoms with Crippen LogP contribution in [0.5, 0.6) is 0 Å². The zero-order valence-electron chi connectivity index (χ0n) is 8.61. The molecule has 1 saturated carbocycles. The minimum atomic E-state index is -0.906. The molecule has 6 heteroatoms. The second-order valence-corrected chi connectivity index (χ2v) is 5.58. The van der Waals surface area contributed by atoms with Crippen molar-refractivity contribution < 1.29 is 14.7 Å². The Hall–Kier alpha value is -0.880. The van der Waals surface area contributed by atoms with Crippen LogP contribution in [0.25, 0.3) is 0 Å². The molecule has 17 heavy (non-hydrogen) atoms. The highest BCUT2D eigenvalue weighted by atomic mass is 79.9. The summed E-state index contributed by atoms with van der Waals surface area (Å²) in [7, 11) is 0. The molecule has 1 amide bonds. The van der Waals surface area contributed by atoms with E-state index in [9.17, 15) is 9.59 Å². The number of benzene rings is 1. The topological polar surface area (TPSA) is 66.4 Å². The highest BCUT2D eigenvalue weighted by Gasteiger charge is 2.48. The fourth-order valence-electron chi connectivity index (χ4n) is 1.59. The van der Waals surface area contributed by atoms with Crippen LogP contribution in [0, 0.1) is 11.8 Å². The molecule has 0 aromatic heterocycles. The lowest BCUT2D eigenvalue weighted by atomic mass is 10.2. The van der Waals surface area contributed by atoms with Gasteiger partial charge in [-0.1, -0.05) is 6.07 Å². The third-order valence-electron chi connectivity index (χ3n) is 2.66. The minimum absolute atomic E-state index is 0.245. The van der Waals surface area contributed by atoms with E-state index in [0.717, 1.165) is 8.95 Å². The van der Waals surface area contributed by atoms with Crippen LogP contribution < -0.4 is 5.32 Å². The molecule has 90 valence electrons. The minimum Gasteiger partial charge on any atom is -0.481 e. The number of para-hydroxylation sites is 1. The Labute approximate surface area is 115 Å². The first-order valence-corrected chi connectivity index (χ1v) is 6.57. The number of carboxylic acid groups (broad SMARTS) is 1. The number of hydrogen-bond donors (Lipinski definition) is 2. The second-order valence-electron chi connectivity index (χ2n) is 3.87. The van der Waals surface area contributed by atoms with Gasteiger partial charge in [-0.15, -0.1) is 0 Å². The Morgan fingerprint density at radius 3 is 2.29 bits per heavy atom. The monoisotopic (exact) mass is 361 g/mol. The van der Waals surface area contributed by atoms with Crippen molar-refractivity contribution >= 4 is 49.4 Å². The van der Waals surface area contributed by atoms with E-state index >= 15 is 0 Å². The van der Waals surface area contributed by atoms with E-state index in [0.29, 0.717) is 12.1 Å². The first kappa shape index (κ1) is 12.6. The maximum atomic E-state index is 11.8. The van der Waals surface area contributed by atoms with Gasteiger partial charge in [0.15, 0.2) is 0 Å². The van der Waals surface area contributed by atoms with Crippen molar-refractivity contribution in [3.63, 3.8) is 0 Å². The zero-order chi connectivity index (χ0) is 12.6. The van der Waals surface area contributed by atoms with E-state index in [4.69, 9.17) is 5.11 Å². The first-order chi connectivity index (χ1) is 8.00. The number of rotatable bonds is 3. The number of carboxylic acids is 1. The highest BCUT2D eigenvalue weighted by molar-refractivity contribution is 9.11. The number of nitrogens with one attached hydrogen (secondary N) is 1. The lowest BCUT2D eigenvalue weighted by Crippen LogP contribution is -2.17. The SMILES string of the molecule is O=C(O)C1CC1C(=O)Nc1c(Br)cccc1Br. The third-order valence-corrected chi connectivity index (χ3v) is 3.98.